The van der Waals surface area contributed by atoms with Gasteiger partial charge in [-0.2, -0.15) is 0 Å². The van der Waals surface area contributed by atoms with E-state index >= 15 is 0 Å². The van der Waals surface area contributed by atoms with Gasteiger partial charge >= 0.3 is 0 Å². The highest BCUT2D eigenvalue weighted by Crippen LogP contribution is 2.67. The molecule has 2 unspecified atom stereocenters. The van der Waals surface area contributed by atoms with Gasteiger partial charge in [0.25, 0.3) is 0 Å². The third-order valence-corrected chi connectivity index (χ3v) is 10.1. The molecule has 0 aliphatic heterocycles. The number of nitrogens with one attached hydrogen (secondary N) is 2. The Balaban J connectivity index is 1.30. The molecule has 7 heteroatoms. The summed E-state index contributed by atoms with van der Waals surface area (Å²) in [5, 5.41) is 4.43. The van der Waals surface area contributed by atoms with Crippen LogP contribution in [0, 0.1) is 18.3 Å². The molecule has 2 N–H and O–H groups in total. The van der Waals surface area contributed by atoms with E-state index in [4.69, 9.17) is 0 Å². The van der Waals surface area contributed by atoms with Crippen molar-refractivity contribution in [1.29, 1.82) is 0 Å². The minimum Gasteiger partial charge on any atom is -0.378 e. The fraction of sp³-hybridized carbons (Fsp3) is 0.417. The van der Waals surface area contributed by atoms with E-state index < -0.39 is 5.54 Å². The summed E-state index contributed by atoms with van der Waals surface area (Å²) in [6.07, 6.45) is 7.08. The Bertz CT molecular complexity index is 1620. The number of nitrogens with zero attached hydrogens (tertiary/aromatic N) is 3. The second-order valence-corrected chi connectivity index (χ2v) is 13.3. The van der Waals surface area contributed by atoms with E-state index in [0.717, 1.165) is 35.3 Å². The van der Waals surface area contributed by atoms with E-state index in [1.54, 1.807) is 12.4 Å². The first kappa shape index (κ1) is 29.0. The summed E-state index contributed by atoms with van der Waals surface area (Å²) >= 11 is 0. The fourth-order valence-electron chi connectivity index (χ4n) is 7.52. The first-order chi connectivity index (χ1) is 20.6. The summed E-state index contributed by atoms with van der Waals surface area (Å²) in [5.41, 5.74) is 5.46. The fourth-order valence-corrected chi connectivity index (χ4v) is 7.52. The molecule has 2 fully saturated rings. The number of hydrogen-bond acceptors (Lipinski definition) is 4. The number of pyridine rings is 1. The zero-order chi connectivity index (χ0) is 30.4. The largest absolute Gasteiger partial charge is 0.378 e. The highest BCUT2D eigenvalue weighted by Gasteiger charge is 2.60. The maximum atomic E-state index is 14.5. The van der Waals surface area contributed by atoms with Gasteiger partial charge in [0, 0.05) is 67.4 Å². The van der Waals surface area contributed by atoms with Crippen molar-refractivity contribution in [2.24, 2.45) is 11.3 Å². The molecular formula is C36H43N5O2. The lowest BCUT2D eigenvalue weighted by Gasteiger charge is -2.40. The molecule has 2 aliphatic rings. The molecule has 43 heavy (non-hydrogen) atoms. The smallest absolute Gasteiger partial charge is 0.250 e. The van der Waals surface area contributed by atoms with Gasteiger partial charge < -0.3 is 20.1 Å². The molecule has 2 aromatic carbocycles. The topological polar surface area (TPSA) is 81.3 Å². The summed E-state index contributed by atoms with van der Waals surface area (Å²) < 4.78 is 0. The van der Waals surface area contributed by atoms with Gasteiger partial charge in [0.15, 0.2) is 0 Å². The zero-order valence-corrected chi connectivity index (χ0v) is 26.0. The molecule has 7 nitrogen and oxygen atoms in total. The Morgan fingerprint density at radius 1 is 1.00 bits per heavy atom. The highest BCUT2D eigenvalue weighted by molar-refractivity contribution is 6.01. The number of benzene rings is 2. The van der Waals surface area contributed by atoms with Crippen molar-refractivity contribution in [3.05, 3.63) is 89.9 Å². The number of hydrogen-bond donors (Lipinski definition) is 2. The van der Waals surface area contributed by atoms with E-state index in [9.17, 15) is 9.59 Å². The van der Waals surface area contributed by atoms with Gasteiger partial charge in [0.05, 0.1) is 0 Å². The summed E-state index contributed by atoms with van der Waals surface area (Å²) in [4.78, 5) is 40.6. The minimum absolute atomic E-state index is 0.0232. The number of carbonyl (C=O) groups is 2. The maximum absolute atomic E-state index is 14.5. The molecular weight excluding hydrogens is 534 g/mol. The Morgan fingerprint density at radius 3 is 2.40 bits per heavy atom. The first-order valence-electron chi connectivity index (χ1n) is 15.5. The molecule has 2 aromatic heterocycles. The van der Waals surface area contributed by atoms with Crippen LogP contribution in [0.2, 0.25) is 0 Å². The van der Waals surface area contributed by atoms with E-state index in [0.29, 0.717) is 25.8 Å². The number of carbonyl (C=O) groups excluding carboxylic acids is 2. The molecule has 0 bridgehead atoms. The van der Waals surface area contributed by atoms with Gasteiger partial charge in [-0.25, -0.2) is 0 Å². The molecule has 6 rings (SSSR count). The Labute approximate surface area is 254 Å². The predicted molar refractivity (Wildman–Crippen MR) is 173 cm³/mol. The lowest BCUT2D eigenvalue weighted by molar-refractivity contribution is -0.146. The normalized spacial score (nSPS) is 20.1. The van der Waals surface area contributed by atoms with Gasteiger partial charge in [-0.15, -0.1) is 0 Å². The number of anilines is 2. The average molecular weight is 578 g/mol. The number of aryl methyl sites for hydroxylation is 1. The van der Waals surface area contributed by atoms with Crippen LogP contribution >= 0.6 is 0 Å². The first-order valence-corrected chi connectivity index (χ1v) is 15.5. The van der Waals surface area contributed by atoms with Gasteiger partial charge in [0.1, 0.15) is 5.54 Å². The van der Waals surface area contributed by atoms with Gasteiger partial charge in [-0.1, -0.05) is 51.0 Å². The Kier molecular flexibility index (Phi) is 7.53. The molecule has 2 atom stereocenters. The van der Waals surface area contributed by atoms with Crippen molar-refractivity contribution >= 4 is 34.1 Å². The van der Waals surface area contributed by atoms with Crippen LogP contribution < -0.4 is 10.2 Å². The van der Waals surface area contributed by atoms with Crippen LogP contribution in [0.3, 0.4) is 0 Å². The van der Waals surface area contributed by atoms with Crippen LogP contribution in [0.25, 0.3) is 10.9 Å². The third-order valence-electron chi connectivity index (χ3n) is 10.1. The molecule has 0 radical (unpaired) electrons. The minimum atomic E-state index is -0.904. The Hall–Kier alpha value is -4.13. The van der Waals surface area contributed by atoms with E-state index in [-0.39, 0.29) is 29.1 Å². The molecule has 0 spiro atoms. The van der Waals surface area contributed by atoms with Gasteiger partial charge in [-0.3, -0.25) is 14.6 Å². The summed E-state index contributed by atoms with van der Waals surface area (Å²) in [7, 11) is 3.99. The second kappa shape index (κ2) is 11.2. The number of amides is 2. The number of aromatic nitrogens is 2. The third kappa shape index (κ3) is 5.30. The predicted octanol–water partition coefficient (Wildman–Crippen LogP) is 7.05. The molecule has 2 aliphatic carbocycles. The van der Waals surface area contributed by atoms with Gasteiger partial charge in [-0.05, 0) is 84.5 Å². The van der Waals surface area contributed by atoms with Crippen LogP contribution in [0.15, 0.2) is 73.1 Å². The lowest BCUT2D eigenvalue weighted by atomic mass is 9.91. The number of H-pyrrole nitrogens is 1. The highest BCUT2D eigenvalue weighted by atomic mass is 16.2. The van der Waals surface area contributed by atoms with Crippen molar-refractivity contribution in [3.8, 4) is 0 Å². The van der Waals surface area contributed by atoms with E-state index in [1.807, 2.05) is 60.3 Å². The molecule has 0 saturated heterocycles. The standard InChI is InChI=1S/C36H43N5O2/c1-24-32(28-12-6-7-13-30(28)38-24)33-29(35(33,2)3)21-31(42)41(23-25-11-10-20-37-22-25)36(18-8-9-19-36)34(43)39-26-14-16-27(17-15-26)40(4)5/h6-7,10-17,20,22,29,33,38H,8-9,18-19,21,23H2,1-5H3,(H,39,43). The van der Waals surface area contributed by atoms with Gasteiger partial charge in [0.2, 0.25) is 11.8 Å². The van der Waals surface area contributed by atoms with Crippen molar-refractivity contribution in [2.75, 3.05) is 24.3 Å². The van der Waals surface area contributed by atoms with Crippen LogP contribution in [-0.4, -0.2) is 46.3 Å². The van der Waals surface area contributed by atoms with Crippen LogP contribution in [0.5, 0.6) is 0 Å². The number of para-hydroxylation sites is 1. The summed E-state index contributed by atoms with van der Waals surface area (Å²) in [6.45, 7) is 7.05. The SMILES string of the molecule is Cc1[nH]c2ccccc2c1C1C(CC(=O)N(Cc2cccnc2)C2(C(=O)Nc3ccc(N(C)C)cc3)CCCC2)C1(C)C. The molecule has 2 amide bonds. The number of fused-ring (bicyclic) bond motifs is 1. The van der Waals surface area contributed by atoms with Crippen LogP contribution in [0.4, 0.5) is 11.4 Å². The number of rotatable bonds is 9. The quantitative estimate of drug-likeness (QED) is 0.223. The summed E-state index contributed by atoms with van der Waals surface area (Å²) in [6, 6.07) is 20.2. The molecule has 224 valence electrons. The average Bonchev–Trinajstić information content (AvgIpc) is 3.35. The summed E-state index contributed by atoms with van der Waals surface area (Å²) in [5.74, 6) is 0.409. The molecule has 2 heterocycles. The second-order valence-electron chi connectivity index (χ2n) is 13.3. The van der Waals surface area contributed by atoms with Crippen LogP contribution in [-0.2, 0) is 16.1 Å². The van der Waals surface area contributed by atoms with E-state index in [2.05, 4.69) is 60.3 Å². The monoisotopic (exact) mass is 577 g/mol. The van der Waals surface area contributed by atoms with Crippen molar-refractivity contribution in [2.45, 2.75) is 70.9 Å². The number of aromatic amines is 1. The lowest BCUT2D eigenvalue weighted by Crippen LogP contribution is -2.57. The van der Waals surface area contributed by atoms with Crippen molar-refractivity contribution < 1.29 is 9.59 Å². The van der Waals surface area contributed by atoms with Crippen molar-refractivity contribution in [3.63, 3.8) is 0 Å². The zero-order valence-electron chi connectivity index (χ0n) is 26.0. The molecule has 4 aromatic rings. The van der Waals surface area contributed by atoms with Crippen LogP contribution in [0.1, 0.15) is 68.7 Å². The maximum Gasteiger partial charge on any atom is 0.250 e. The van der Waals surface area contributed by atoms with E-state index in [1.165, 1.54) is 16.6 Å². The Morgan fingerprint density at radius 2 is 1.72 bits per heavy atom. The van der Waals surface area contributed by atoms with Crippen molar-refractivity contribution in [1.82, 2.24) is 14.9 Å². The molecule has 2 saturated carbocycles.